The Morgan fingerprint density at radius 2 is 1.86 bits per heavy atom. The van der Waals surface area contributed by atoms with Crippen LogP contribution in [-0.4, -0.2) is 42.7 Å². The van der Waals surface area contributed by atoms with Gasteiger partial charge in [0, 0.05) is 23.7 Å². The SMILES string of the molecule is O=C1C2OCC(C(=O)c3ccccc3)(O2)C2CN3c4ccccc4C=CC3C12. The van der Waals surface area contributed by atoms with Gasteiger partial charge in [0.15, 0.2) is 17.2 Å². The first kappa shape index (κ1) is 16.2. The highest BCUT2D eigenvalue weighted by Gasteiger charge is 2.67. The Morgan fingerprint density at radius 3 is 2.71 bits per heavy atom. The number of carbonyl (C=O) groups is 2. The van der Waals surface area contributed by atoms with Gasteiger partial charge in [0.05, 0.1) is 18.6 Å². The van der Waals surface area contributed by atoms with Gasteiger partial charge in [-0.15, -0.1) is 0 Å². The molecule has 4 aliphatic heterocycles. The van der Waals surface area contributed by atoms with E-state index in [2.05, 4.69) is 29.2 Å². The topological polar surface area (TPSA) is 55.8 Å². The summed E-state index contributed by atoms with van der Waals surface area (Å²) in [6, 6.07) is 17.3. The first-order valence-corrected chi connectivity index (χ1v) is 9.66. The van der Waals surface area contributed by atoms with Gasteiger partial charge in [-0.25, -0.2) is 0 Å². The van der Waals surface area contributed by atoms with Gasteiger partial charge in [0.25, 0.3) is 0 Å². The van der Waals surface area contributed by atoms with Gasteiger partial charge < -0.3 is 14.4 Å². The highest BCUT2D eigenvalue weighted by atomic mass is 16.7. The second-order valence-corrected chi connectivity index (χ2v) is 7.94. The van der Waals surface area contributed by atoms with Crippen molar-refractivity contribution in [2.75, 3.05) is 18.1 Å². The average molecular weight is 373 g/mol. The first-order valence-electron chi connectivity index (χ1n) is 9.66. The van der Waals surface area contributed by atoms with Crippen LogP contribution in [0.4, 0.5) is 5.69 Å². The van der Waals surface area contributed by atoms with E-state index in [1.54, 1.807) is 12.1 Å². The number of hydrogen-bond acceptors (Lipinski definition) is 5. The van der Waals surface area contributed by atoms with Crippen LogP contribution in [0.25, 0.3) is 6.08 Å². The smallest absolute Gasteiger partial charge is 0.219 e. The lowest BCUT2D eigenvalue weighted by Crippen LogP contribution is -2.57. The zero-order valence-electron chi connectivity index (χ0n) is 15.2. The van der Waals surface area contributed by atoms with Crippen LogP contribution in [0, 0.1) is 11.8 Å². The monoisotopic (exact) mass is 373 g/mol. The lowest BCUT2D eigenvalue weighted by atomic mass is 9.71. The standard InChI is InChI=1S/C23H19NO4/c25-20-19-16(12-24-17-9-5-4-6-14(17)10-11-18(19)24)23(13-27-22(20)28-23)21(26)15-7-2-1-3-8-15/h1-11,16,18-19,22H,12-13H2. The molecule has 0 aliphatic carbocycles. The van der Waals surface area contributed by atoms with Crippen molar-refractivity contribution in [3.63, 3.8) is 0 Å². The van der Waals surface area contributed by atoms with Crippen molar-refractivity contribution < 1.29 is 19.1 Å². The van der Waals surface area contributed by atoms with E-state index in [9.17, 15) is 9.59 Å². The van der Waals surface area contributed by atoms with Crippen LogP contribution in [0.3, 0.4) is 0 Å². The fraction of sp³-hybridized carbons (Fsp3) is 0.304. The maximum Gasteiger partial charge on any atom is 0.219 e. The van der Waals surface area contributed by atoms with Crippen LogP contribution < -0.4 is 4.90 Å². The van der Waals surface area contributed by atoms with E-state index in [1.807, 2.05) is 30.3 Å². The minimum atomic E-state index is -1.11. The van der Waals surface area contributed by atoms with Gasteiger partial charge in [-0.1, -0.05) is 60.7 Å². The molecule has 2 aromatic rings. The summed E-state index contributed by atoms with van der Waals surface area (Å²) in [4.78, 5) is 28.9. The summed E-state index contributed by atoms with van der Waals surface area (Å²) in [7, 11) is 0. The van der Waals surface area contributed by atoms with Crippen LogP contribution in [0.15, 0.2) is 60.7 Å². The highest BCUT2D eigenvalue weighted by Crippen LogP contribution is 2.52. The van der Waals surface area contributed by atoms with Crippen LogP contribution in [-0.2, 0) is 14.3 Å². The van der Waals surface area contributed by atoms with E-state index in [1.165, 1.54) is 0 Å². The molecule has 3 fully saturated rings. The predicted molar refractivity (Wildman–Crippen MR) is 103 cm³/mol. The maximum absolute atomic E-state index is 13.5. The lowest BCUT2D eigenvalue weighted by molar-refractivity contribution is -0.171. The summed E-state index contributed by atoms with van der Waals surface area (Å²) < 4.78 is 11.7. The molecule has 4 heterocycles. The molecule has 5 unspecified atom stereocenters. The molecule has 0 N–H and O–H groups in total. The summed E-state index contributed by atoms with van der Waals surface area (Å²) in [5.74, 6) is -0.684. The van der Waals surface area contributed by atoms with Crippen molar-refractivity contribution in [2.45, 2.75) is 17.9 Å². The number of anilines is 1. The fourth-order valence-corrected chi connectivity index (χ4v) is 5.33. The third-order valence-corrected chi connectivity index (χ3v) is 6.62. The molecule has 2 aromatic carbocycles. The highest BCUT2D eigenvalue weighted by molar-refractivity contribution is 6.05. The summed E-state index contributed by atoms with van der Waals surface area (Å²) in [6.45, 7) is 0.724. The summed E-state index contributed by atoms with van der Waals surface area (Å²) in [6.07, 6.45) is 3.23. The Hall–Kier alpha value is -2.76. The van der Waals surface area contributed by atoms with Crippen LogP contribution >= 0.6 is 0 Å². The largest absolute Gasteiger partial charge is 0.363 e. The Balaban J connectivity index is 1.46. The molecule has 6 rings (SSSR count). The minimum absolute atomic E-state index is 0.0458. The molecule has 140 valence electrons. The fourth-order valence-electron chi connectivity index (χ4n) is 5.33. The van der Waals surface area contributed by atoms with E-state index < -0.39 is 11.9 Å². The van der Waals surface area contributed by atoms with Crippen LogP contribution in [0.2, 0.25) is 0 Å². The van der Waals surface area contributed by atoms with Gasteiger partial charge >= 0.3 is 0 Å². The molecule has 0 amide bonds. The average Bonchev–Trinajstić information content (AvgIpc) is 3.34. The lowest BCUT2D eigenvalue weighted by Gasteiger charge is -2.38. The Kier molecular flexibility index (Phi) is 3.26. The Morgan fingerprint density at radius 1 is 1.07 bits per heavy atom. The van der Waals surface area contributed by atoms with E-state index in [4.69, 9.17) is 9.47 Å². The predicted octanol–water partition coefficient (Wildman–Crippen LogP) is 2.71. The van der Waals surface area contributed by atoms with Gasteiger partial charge in [0.1, 0.15) is 0 Å². The molecule has 2 bridgehead atoms. The molecule has 3 saturated heterocycles. The third-order valence-electron chi connectivity index (χ3n) is 6.62. The second kappa shape index (κ2) is 5.63. The minimum Gasteiger partial charge on any atom is -0.363 e. The van der Waals surface area contributed by atoms with Gasteiger partial charge in [0.2, 0.25) is 6.29 Å². The number of fused-ring (bicyclic) bond motifs is 8. The molecule has 4 aliphatic rings. The molecule has 0 saturated carbocycles. The van der Waals surface area contributed by atoms with E-state index in [0.29, 0.717) is 12.1 Å². The third kappa shape index (κ3) is 1.98. The van der Waals surface area contributed by atoms with Crippen LogP contribution in [0.1, 0.15) is 15.9 Å². The van der Waals surface area contributed by atoms with Crippen molar-refractivity contribution in [3.05, 3.63) is 71.8 Å². The quantitative estimate of drug-likeness (QED) is 0.758. The number of para-hydroxylation sites is 1. The zero-order chi connectivity index (χ0) is 18.9. The van der Waals surface area contributed by atoms with Gasteiger partial charge in [-0.2, -0.15) is 0 Å². The van der Waals surface area contributed by atoms with E-state index in [-0.39, 0.29) is 36.1 Å². The number of Topliss-reactive ketones (excluding diaryl/α,β-unsaturated/α-hetero) is 2. The number of carbonyl (C=O) groups excluding carboxylic acids is 2. The molecule has 5 heteroatoms. The first-order chi connectivity index (χ1) is 13.7. The molecule has 28 heavy (non-hydrogen) atoms. The van der Waals surface area contributed by atoms with Crippen molar-refractivity contribution in [3.8, 4) is 0 Å². The van der Waals surface area contributed by atoms with Crippen molar-refractivity contribution in [1.29, 1.82) is 0 Å². The normalized spacial score (nSPS) is 34.7. The van der Waals surface area contributed by atoms with E-state index in [0.717, 1.165) is 11.3 Å². The number of nitrogens with zero attached hydrogens (tertiary/aromatic N) is 1. The summed E-state index contributed by atoms with van der Waals surface area (Å²) >= 11 is 0. The molecule has 0 aromatic heterocycles. The molecule has 5 atom stereocenters. The van der Waals surface area contributed by atoms with Crippen molar-refractivity contribution >= 4 is 23.3 Å². The number of ether oxygens (including phenoxy) is 2. The number of benzene rings is 2. The van der Waals surface area contributed by atoms with Crippen molar-refractivity contribution in [2.24, 2.45) is 11.8 Å². The second-order valence-electron chi connectivity index (χ2n) is 7.94. The number of hydrogen-bond donors (Lipinski definition) is 0. The van der Waals surface area contributed by atoms with Gasteiger partial charge in [-0.3, -0.25) is 9.59 Å². The summed E-state index contributed by atoms with van der Waals surface area (Å²) in [5.41, 5.74) is 1.73. The van der Waals surface area contributed by atoms with E-state index >= 15 is 0 Å². The summed E-state index contributed by atoms with van der Waals surface area (Å²) in [5, 5.41) is 0. The molecule has 5 nitrogen and oxygen atoms in total. The van der Waals surface area contributed by atoms with Crippen LogP contribution in [0.5, 0.6) is 0 Å². The number of ketones is 2. The molecule has 0 radical (unpaired) electrons. The Bertz CT molecular complexity index is 1020. The molecular formula is C23H19NO4. The molecule has 0 spiro atoms. The number of rotatable bonds is 2. The van der Waals surface area contributed by atoms with Crippen molar-refractivity contribution in [1.82, 2.24) is 0 Å². The maximum atomic E-state index is 13.5. The zero-order valence-corrected chi connectivity index (χ0v) is 15.2. The van der Waals surface area contributed by atoms with Gasteiger partial charge in [-0.05, 0) is 11.6 Å². The Labute approximate surface area is 162 Å². The molecular weight excluding hydrogens is 354 g/mol.